The van der Waals surface area contributed by atoms with E-state index in [1.165, 1.54) is 0 Å². The van der Waals surface area contributed by atoms with E-state index >= 15 is 0 Å². The molecule has 5 heteroatoms. The van der Waals surface area contributed by atoms with Crippen LogP contribution >= 0.6 is 23.2 Å². The lowest BCUT2D eigenvalue weighted by molar-refractivity contribution is 0.0703. The summed E-state index contributed by atoms with van der Waals surface area (Å²) in [5.74, 6) is 0.171. The van der Waals surface area contributed by atoms with Crippen molar-refractivity contribution in [2.75, 3.05) is 6.54 Å². The summed E-state index contributed by atoms with van der Waals surface area (Å²) in [6.07, 6.45) is 1.93. The minimum absolute atomic E-state index is 0.0728. The van der Waals surface area contributed by atoms with Crippen LogP contribution in [-0.4, -0.2) is 17.4 Å². The Hall–Kier alpha value is -1.45. The van der Waals surface area contributed by atoms with E-state index in [-0.39, 0.29) is 22.9 Å². The molecule has 3 nitrogen and oxygen atoms in total. The third-order valence-corrected chi connectivity index (χ3v) is 4.01. The molecule has 1 aliphatic heterocycles. The Balaban J connectivity index is 1.85. The molecule has 0 bridgehead atoms. The molecule has 0 saturated carbocycles. The Kier molecular flexibility index (Phi) is 3.72. The van der Waals surface area contributed by atoms with E-state index in [9.17, 15) is 4.79 Å². The van der Waals surface area contributed by atoms with Crippen molar-refractivity contribution < 1.29 is 9.21 Å². The van der Waals surface area contributed by atoms with Crippen LogP contribution < -0.4 is 0 Å². The number of nitrogens with zero attached hydrogens (tertiary/aromatic N) is 1. The Morgan fingerprint density at radius 1 is 1.15 bits per heavy atom. The lowest BCUT2D eigenvalue weighted by Gasteiger charge is -2.24. The first kappa shape index (κ1) is 13.5. The largest absolute Gasteiger partial charge is 0.440 e. The smallest absolute Gasteiger partial charge is 0.290 e. The fraction of sp³-hybridized carbons (Fsp3) is 0.267. The number of furan rings is 1. The van der Waals surface area contributed by atoms with Gasteiger partial charge < -0.3 is 9.32 Å². The van der Waals surface area contributed by atoms with Gasteiger partial charge in [-0.2, -0.15) is 0 Å². The quantitative estimate of drug-likeness (QED) is 0.814. The second-order valence-electron chi connectivity index (χ2n) is 4.81. The van der Waals surface area contributed by atoms with Gasteiger partial charge >= 0.3 is 0 Å². The van der Waals surface area contributed by atoms with Crippen LogP contribution in [0.15, 0.2) is 40.8 Å². The number of benzene rings is 1. The molecule has 0 radical (unpaired) electrons. The average Bonchev–Trinajstić information content (AvgIpc) is 3.07. The van der Waals surface area contributed by atoms with Crippen molar-refractivity contribution in [2.24, 2.45) is 0 Å². The number of halogens is 2. The van der Waals surface area contributed by atoms with Crippen LogP contribution in [0, 0.1) is 0 Å². The van der Waals surface area contributed by atoms with Gasteiger partial charge in [-0.15, -0.1) is 0 Å². The predicted octanol–water partition coefficient (Wildman–Crippen LogP) is 4.56. The molecule has 0 unspecified atom stereocenters. The highest BCUT2D eigenvalue weighted by molar-refractivity contribution is 6.30. The fourth-order valence-corrected chi connectivity index (χ4v) is 2.88. The van der Waals surface area contributed by atoms with Gasteiger partial charge in [0.05, 0.1) is 6.04 Å². The number of rotatable bonds is 2. The van der Waals surface area contributed by atoms with E-state index in [4.69, 9.17) is 27.6 Å². The standard InChI is InChI=1S/C15H13Cl2NO2/c16-11-5-3-10(4-6-11)12-2-1-9-18(12)15(19)13-7-8-14(17)20-13/h3-8,12H,1-2,9H2/t12-/m1/s1. The normalized spacial score (nSPS) is 18.5. The zero-order valence-corrected chi connectivity index (χ0v) is 12.2. The summed E-state index contributed by atoms with van der Waals surface area (Å²) in [4.78, 5) is 14.3. The van der Waals surface area contributed by atoms with Crippen LogP contribution in [-0.2, 0) is 0 Å². The van der Waals surface area contributed by atoms with Crippen molar-refractivity contribution >= 4 is 29.1 Å². The van der Waals surface area contributed by atoms with E-state index in [0.717, 1.165) is 24.9 Å². The van der Waals surface area contributed by atoms with Crippen LogP contribution in [0.5, 0.6) is 0 Å². The number of amides is 1. The fourth-order valence-electron chi connectivity index (χ4n) is 2.61. The van der Waals surface area contributed by atoms with Gasteiger partial charge in [-0.05, 0) is 54.3 Å². The SMILES string of the molecule is O=C(c1ccc(Cl)o1)N1CCC[C@@H]1c1ccc(Cl)cc1. The molecule has 2 aromatic rings. The number of carbonyl (C=O) groups is 1. The van der Waals surface area contributed by atoms with Crippen molar-refractivity contribution in [3.8, 4) is 0 Å². The Bertz CT molecular complexity index is 621. The molecule has 0 aliphatic carbocycles. The molecule has 0 spiro atoms. The summed E-state index contributed by atoms with van der Waals surface area (Å²) in [5.41, 5.74) is 1.10. The lowest BCUT2D eigenvalue weighted by Crippen LogP contribution is -2.30. The molecule has 3 rings (SSSR count). The highest BCUT2D eigenvalue weighted by Gasteiger charge is 2.31. The summed E-state index contributed by atoms with van der Waals surface area (Å²) in [7, 11) is 0. The molecule has 1 aliphatic rings. The number of hydrogen-bond acceptors (Lipinski definition) is 2. The average molecular weight is 310 g/mol. The maximum atomic E-state index is 12.5. The Morgan fingerprint density at radius 3 is 2.55 bits per heavy atom. The molecule has 104 valence electrons. The zero-order valence-electron chi connectivity index (χ0n) is 10.7. The van der Waals surface area contributed by atoms with Crippen molar-refractivity contribution in [3.05, 3.63) is 58.0 Å². The van der Waals surface area contributed by atoms with Gasteiger partial charge in [-0.25, -0.2) is 0 Å². The van der Waals surface area contributed by atoms with Crippen LogP contribution in [0.25, 0.3) is 0 Å². The summed E-state index contributed by atoms with van der Waals surface area (Å²) in [6.45, 7) is 0.727. The van der Waals surface area contributed by atoms with Gasteiger partial charge in [-0.1, -0.05) is 23.7 Å². The van der Waals surface area contributed by atoms with Crippen molar-refractivity contribution in [2.45, 2.75) is 18.9 Å². The van der Waals surface area contributed by atoms with E-state index in [1.807, 2.05) is 29.2 Å². The molecular weight excluding hydrogens is 297 g/mol. The first-order valence-corrected chi connectivity index (χ1v) is 7.22. The first-order chi connectivity index (χ1) is 9.65. The lowest BCUT2D eigenvalue weighted by atomic mass is 10.0. The monoisotopic (exact) mass is 309 g/mol. The summed E-state index contributed by atoms with van der Waals surface area (Å²) < 4.78 is 5.21. The highest BCUT2D eigenvalue weighted by atomic mass is 35.5. The van der Waals surface area contributed by atoms with Gasteiger partial charge in [-0.3, -0.25) is 4.79 Å². The minimum atomic E-state index is -0.116. The molecule has 1 fully saturated rings. The highest BCUT2D eigenvalue weighted by Crippen LogP contribution is 2.34. The third-order valence-electron chi connectivity index (χ3n) is 3.55. The first-order valence-electron chi connectivity index (χ1n) is 6.47. The molecule has 1 aromatic heterocycles. The van der Waals surface area contributed by atoms with Gasteiger partial charge in [0, 0.05) is 11.6 Å². The molecule has 20 heavy (non-hydrogen) atoms. The van der Waals surface area contributed by atoms with Crippen LogP contribution in [0.4, 0.5) is 0 Å². The summed E-state index contributed by atoms with van der Waals surface area (Å²) in [5, 5.41) is 0.929. The molecule has 2 heterocycles. The van der Waals surface area contributed by atoms with Gasteiger partial charge in [0.25, 0.3) is 5.91 Å². The van der Waals surface area contributed by atoms with Crippen molar-refractivity contribution in [3.63, 3.8) is 0 Å². The van der Waals surface area contributed by atoms with E-state index < -0.39 is 0 Å². The summed E-state index contributed by atoms with van der Waals surface area (Å²) >= 11 is 11.6. The Labute approximate surface area is 127 Å². The van der Waals surface area contributed by atoms with Gasteiger partial charge in [0.15, 0.2) is 11.0 Å². The van der Waals surface area contributed by atoms with E-state index in [1.54, 1.807) is 12.1 Å². The second-order valence-corrected chi connectivity index (χ2v) is 5.62. The molecule has 1 amide bonds. The Morgan fingerprint density at radius 2 is 1.90 bits per heavy atom. The predicted molar refractivity (Wildman–Crippen MR) is 78.2 cm³/mol. The zero-order chi connectivity index (χ0) is 14.1. The summed E-state index contributed by atoms with van der Waals surface area (Å²) in [6, 6.07) is 10.9. The van der Waals surface area contributed by atoms with Crippen molar-refractivity contribution in [1.82, 2.24) is 4.90 Å². The molecule has 1 saturated heterocycles. The third kappa shape index (κ3) is 2.56. The van der Waals surface area contributed by atoms with Gasteiger partial charge in [0.2, 0.25) is 0 Å². The molecular formula is C15H13Cl2NO2. The molecule has 1 aromatic carbocycles. The van der Waals surface area contributed by atoms with Gasteiger partial charge in [0.1, 0.15) is 0 Å². The maximum absolute atomic E-state index is 12.5. The number of carbonyl (C=O) groups excluding carboxylic acids is 1. The topological polar surface area (TPSA) is 33.5 Å². The maximum Gasteiger partial charge on any atom is 0.290 e. The second kappa shape index (κ2) is 5.51. The van der Waals surface area contributed by atoms with Crippen LogP contribution in [0.2, 0.25) is 10.2 Å². The van der Waals surface area contributed by atoms with Crippen LogP contribution in [0.3, 0.4) is 0 Å². The van der Waals surface area contributed by atoms with E-state index in [0.29, 0.717) is 5.02 Å². The van der Waals surface area contributed by atoms with E-state index in [2.05, 4.69) is 0 Å². The number of hydrogen-bond donors (Lipinski definition) is 0. The molecule has 0 N–H and O–H groups in total. The minimum Gasteiger partial charge on any atom is -0.440 e. The van der Waals surface area contributed by atoms with Crippen molar-refractivity contribution in [1.29, 1.82) is 0 Å². The molecule has 1 atom stereocenters. The van der Waals surface area contributed by atoms with Crippen LogP contribution in [0.1, 0.15) is 35.0 Å². The number of likely N-dealkylation sites (tertiary alicyclic amines) is 1.